The van der Waals surface area contributed by atoms with Crippen LogP contribution in [-0.2, 0) is 0 Å². The standard InChI is InChI=1S/C26H56N2/c27-25-23-21-19-17-15-13-11-9-7-5-3-1-2-4-6-8-10-12-14-16-18-20-22-24-26-28/h1-28H2. The third-order valence-electron chi connectivity index (χ3n) is 6.16. The predicted molar refractivity (Wildman–Crippen MR) is 129 cm³/mol. The van der Waals surface area contributed by atoms with Crippen LogP contribution in [0.15, 0.2) is 0 Å². The van der Waals surface area contributed by atoms with Gasteiger partial charge in [-0.15, -0.1) is 0 Å². The van der Waals surface area contributed by atoms with E-state index in [-0.39, 0.29) is 0 Å². The molecule has 0 radical (unpaired) electrons. The van der Waals surface area contributed by atoms with Crippen LogP contribution in [0, 0.1) is 0 Å². The van der Waals surface area contributed by atoms with Crippen molar-refractivity contribution in [1.29, 1.82) is 0 Å². The van der Waals surface area contributed by atoms with E-state index in [0.717, 1.165) is 13.1 Å². The second-order valence-electron chi connectivity index (χ2n) is 9.06. The first-order valence-corrected chi connectivity index (χ1v) is 13.3. The van der Waals surface area contributed by atoms with Gasteiger partial charge in [0.2, 0.25) is 0 Å². The maximum atomic E-state index is 5.52. The number of rotatable bonds is 25. The molecule has 0 saturated carbocycles. The molecule has 0 aliphatic heterocycles. The fourth-order valence-electron chi connectivity index (χ4n) is 4.18. The van der Waals surface area contributed by atoms with Crippen molar-refractivity contribution in [2.75, 3.05) is 13.1 Å². The topological polar surface area (TPSA) is 52.0 Å². The Morgan fingerprint density at radius 2 is 0.286 bits per heavy atom. The van der Waals surface area contributed by atoms with Gasteiger partial charge in [0.15, 0.2) is 0 Å². The Morgan fingerprint density at radius 1 is 0.179 bits per heavy atom. The predicted octanol–water partition coefficient (Wildman–Crippen LogP) is 8.27. The maximum Gasteiger partial charge on any atom is -0.00773 e. The van der Waals surface area contributed by atoms with Crippen molar-refractivity contribution < 1.29 is 0 Å². The summed E-state index contributed by atoms with van der Waals surface area (Å²) in [5.74, 6) is 0. The first-order chi connectivity index (χ1) is 13.9. The molecule has 0 aromatic carbocycles. The van der Waals surface area contributed by atoms with Crippen molar-refractivity contribution in [1.82, 2.24) is 0 Å². The first kappa shape index (κ1) is 27.9. The van der Waals surface area contributed by atoms with Gasteiger partial charge in [-0.25, -0.2) is 0 Å². The quantitative estimate of drug-likeness (QED) is 0.153. The van der Waals surface area contributed by atoms with E-state index in [4.69, 9.17) is 11.5 Å². The molecule has 0 saturated heterocycles. The summed E-state index contributed by atoms with van der Waals surface area (Å²) in [6.07, 6.45) is 34.2. The molecule has 0 heterocycles. The molecule has 0 aliphatic carbocycles. The second-order valence-corrected chi connectivity index (χ2v) is 9.06. The Labute approximate surface area is 179 Å². The zero-order valence-corrected chi connectivity index (χ0v) is 19.5. The summed E-state index contributed by atoms with van der Waals surface area (Å²) >= 11 is 0. The van der Waals surface area contributed by atoms with Crippen LogP contribution < -0.4 is 11.5 Å². The lowest BCUT2D eigenvalue weighted by atomic mass is 10.0. The molecular weight excluding hydrogens is 340 g/mol. The van der Waals surface area contributed by atoms with Crippen LogP contribution in [0.1, 0.15) is 154 Å². The lowest BCUT2D eigenvalue weighted by Crippen LogP contribution is -1.97. The molecule has 2 heteroatoms. The van der Waals surface area contributed by atoms with E-state index in [1.54, 1.807) is 0 Å². The maximum absolute atomic E-state index is 5.52. The SMILES string of the molecule is NCCCCCCCCCCCCCCCCCCCCCCCCCCN. The largest absolute Gasteiger partial charge is 0.330 e. The van der Waals surface area contributed by atoms with Crippen molar-refractivity contribution >= 4 is 0 Å². The van der Waals surface area contributed by atoms with Crippen LogP contribution in [0.2, 0.25) is 0 Å². The minimum Gasteiger partial charge on any atom is -0.330 e. The fraction of sp³-hybridized carbons (Fsp3) is 1.00. The van der Waals surface area contributed by atoms with Gasteiger partial charge < -0.3 is 11.5 Å². The van der Waals surface area contributed by atoms with Crippen LogP contribution in [0.4, 0.5) is 0 Å². The molecule has 0 aromatic rings. The van der Waals surface area contributed by atoms with E-state index in [2.05, 4.69) is 0 Å². The number of unbranched alkanes of at least 4 members (excludes halogenated alkanes) is 23. The van der Waals surface area contributed by atoms with Gasteiger partial charge >= 0.3 is 0 Å². The molecule has 0 amide bonds. The zero-order valence-electron chi connectivity index (χ0n) is 19.5. The molecule has 0 rings (SSSR count). The summed E-state index contributed by atoms with van der Waals surface area (Å²) in [5, 5.41) is 0. The van der Waals surface area contributed by atoms with Gasteiger partial charge in [0.1, 0.15) is 0 Å². The normalized spacial score (nSPS) is 11.4. The van der Waals surface area contributed by atoms with Crippen molar-refractivity contribution in [3.63, 3.8) is 0 Å². The van der Waals surface area contributed by atoms with Crippen molar-refractivity contribution in [3.05, 3.63) is 0 Å². The summed E-state index contributed by atoms with van der Waals surface area (Å²) in [7, 11) is 0. The van der Waals surface area contributed by atoms with Gasteiger partial charge in [0.05, 0.1) is 0 Å². The minimum atomic E-state index is 0.872. The summed E-state index contributed by atoms with van der Waals surface area (Å²) in [4.78, 5) is 0. The van der Waals surface area contributed by atoms with E-state index in [1.165, 1.54) is 154 Å². The van der Waals surface area contributed by atoms with Gasteiger partial charge in [0.25, 0.3) is 0 Å². The van der Waals surface area contributed by atoms with E-state index in [0.29, 0.717) is 0 Å². The average Bonchev–Trinajstić information content (AvgIpc) is 2.71. The van der Waals surface area contributed by atoms with Crippen LogP contribution in [-0.4, -0.2) is 13.1 Å². The average molecular weight is 397 g/mol. The molecule has 0 fully saturated rings. The molecule has 0 aliphatic rings. The monoisotopic (exact) mass is 396 g/mol. The highest BCUT2D eigenvalue weighted by Gasteiger charge is 1.96. The third-order valence-corrected chi connectivity index (χ3v) is 6.16. The Hall–Kier alpha value is -0.0800. The highest BCUT2D eigenvalue weighted by atomic mass is 14.5. The van der Waals surface area contributed by atoms with Crippen LogP contribution in [0.3, 0.4) is 0 Å². The fourth-order valence-corrected chi connectivity index (χ4v) is 4.18. The van der Waals surface area contributed by atoms with Crippen molar-refractivity contribution in [3.8, 4) is 0 Å². The highest BCUT2D eigenvalue weighted by molar-refractivity contribution is 4.52. The molecule has 0 aromatic heterocycles. The summed E-state index contributed by atoms with van der Waals surface area (Å²) < 4.78 is 0. The van der Waals surface area contributed by atoms with E-state index in [9.17, 15) is 0 Å². The van der Waals surface area contributed by atoms with Crippen molar-refractivity contribution in [2.45, 2.75) is 154 Å². The Morgan fingerprint density at radius 3 is 0.393 bits per heavy atom. The lowest BCUT2D eigenvalue weighted by Gasteiger charge is -2.04. The molecule has 0 atom stereocenters. The van der Waals surface area contributed by atoms with E-state index < -0.39 is 0 Å². The van der Waals surface area contributed by atoms with Crippen LogP contribution in [0.5, 0.6) is 0 Å². The van der Waals surface area contributed by atoms with E-state index in [1.807, 2.05) is 0 Å². The minimum absolute atomic E-state index is 0.872. The zero-order chi connectivity index (χ0) is 20.4. The Bertz CT molecular complexity index is 229. The summed E-state index contributed by atoms with van der Waals surface area (Å²) in [6, 6.07) is 0. The second kappa shape index (κ2) is 26.9. The Kier molecular flexibility index (Phi) is 26.8. The third kappa shape index (κ3) is 25.9. The van der Waals surface area contributed by atoms with Gasteiger partial charge in [-0.2, -0.15) is 0 Å². The van der Waals surface area contributed by atoms with Crippen molar-refractivity contribution in [2.24, 2.45) is 11.5 Å². The van der Waals surface area contributed by atoms with Gasteiger partial charge in [-0.1, -0.05) is 141 Å². The van der Waals surface area contributed by atoms with E-state index >= 15 is 0 Å². The number of hydrogen-bond donors (Lipinski definition) is 2. The molecule has 28 heavy (non-hydrogen) atoms. The molecule has 0 bridgehead atoms. The summed E-state index contributed by atoms with van der Waals surface area (Å²) in [6.45, 7) is 1.74. The molecule has 0 spiro atoms. The van der Waals surface area contributed by atoms with Gasteiger partial charge in [-0.3, -0.25) is 0 Å². The molecule has 4 N–H and O–H groups in total. The Balaban J connectivity index is 2.96. The summed E-state index contributed by atoms with van der Waals surface area (Å²) in [5.41, 5.74) is 11.0. The smallest absolute Gasteiger partial charge is 0.00773 e. The van der Waals surface area contributed by atoms with Gasteiger partial charge in [-0.05, 0) is 25.9 Å². The molecular formula is C26H56N2. The highest BCUT2D eigenvalue weighted by Crippen LogP contribution is 2.15. The molecule has 0 unspecified atom stereocenters. The van der Waals surface area contributed by atoms with Gasteiger partial charge in [0, 0.05) is 0 Å². The lowest BCUT2D eigenvalue weighted by molar-refractivity contribution is 0.517. The number of nitrogens with two attached hydrogens (primary N) is 2. The molecule has 170 valence electrons. The number of hydrogen-bond acceptors (Lipinski definition) is 2. The first-order valence-electron chi connectivity index (χ1n) is 13.3. The van der Waals surface area contributed by atoms with Crippen LogP contribution >= 0.6 is 0 Å². The van der Waals surface area contributed by atoms with Crippen LogP contribution in [0.25, 0.3) is 0 Å². The molecule has 2 nitrogen and oxygen atoms in total.